The summed E-state index contributed by atoms with van der Waals surface area (Å²) in [7, 11) is 1.27. The van der Waals surface area contributed by atoms with Crippen molar-refractivity contribution in [2.75, 3.05) is 13.7 Å². The van der Waals surface area contributed by atoms with Crippen LogP contribution in [0, 0.1) is 20.8 Å². The Kier molecular flexibility index (Phi) is 5.41. The van der Waals surface area contributed by atoms with Crippen molar-refractivity contribution in [1.82, 2.24) is 10.1 Å². The summed E-state index contributed by atoms with van der Waals surface area (Å²) in [5.41, 5.74) is 2.21. The van der Waals surface area contributed by atoms with E-state index >= 15 is 0 Å². The van der Waals surface area contributed by atoms with E-state index in [0.717, 1.165) is 0 Å². The molecule has 0 bridgehead atoms. The van der Waals surface area contributed by atoms with Crippen LogP contribution >= 0.6 is 0 Å². The number of hydrogen-bond donors (Lipinski definition) is 1. The highest BCUT2D eigenvalue weighted by Crippen LogP contribution is 2.20. The number of aromatic nitrogens is 2. The van der Waals surface area contributed by atoms with Crippen molar-refractivity contribution in [3.63, 3.8) is 0 Å². The van der Waals surface area contributed by atoms with Crippen LogP contribution < -0.4 is 0 Å². The lowest BCUT2D eigenvalue weighted by atomic mass is 10.1. The first-order valence-corrected chi connectivity index (χ1v) is 7.74. The van der Waals surface area contributed by atoms with Gasteiger partial charge in [-0.1, -0.05) is 12.1 Å². The molecule has 0 fully saturated rings. The number of methoxy groups -OCH3 is 1. The summed E-state index contributed by atoms with van der Waals surface area (Å²) in [4.78, 5) is 39.2. The van der Waals surface area contributed by atoms with Gasteiger partial charge in [0.05, 0.1) is 24.1 Å². The van der Waals surface area contributed by atoms with Gasteiger partial charge in [0.25, 0.3) is 0 Å². The van der Waals surface area contributed by atoms with Gasteiger partial charge in [-0.15, -0.1) is 0 Å². The van der Waals surface area contributed by atoms with Crippen molar-refractivity contribution in [1.29, 1.82) is 0 Å². The fourth-order valence-electron chi connectivity index (χ4n) is 2.63. The second-order valence-corrected chi connectivity index (χ2v) is 5.53. The molecule has 2 aromatic heterocycles. The highest BCUT2D eigenvalue weighted by molar-refractivity contribution is 6.03. The summed E-state index contributed by atoms with van der Waals surface area (Å²) in [6.45, 7) is 6.26. The molecule has 2 heterocycles. The Morgan fingerprint density at radius 3 is 2.40 bits per heavy atom. The van der Waals surface area contributed by atoms with E-state index in [2.05, 4.69) is 10.1 Å². The van der Waals surface area contributed by atoms with Crippen LogP contribution in [0.4, 0.5) is 0 Å². The summed E-state index contributed by atoms with van der Waals surface area (Å²) in [5.74, 6) is -1.31. The lowest BCUT2D eigenvalue weighted by Crippen LogP contribution is -2.16. The third kappa shape index (κ3) is 3.47. The minimum absolute atomic E-state index is 0.212. The summed E-state index contributed by atoms with van der Waals surface area (Å²) < 4.78 is 14.8. The van der Waals surface area contributed by atoms with Gasteiger partial charge in [0.15, 0.2) is 6.61 Å². The van der Waals surface area contributed by atoms with E-state index < -0.39 is 24.3 Å². The zero-order valence-electron chi connectivity index (χ0n) is 14.8. The highest BCUT2D eigenvalue weighted by atomic mass is 16.5. The maximum Gasteiger partial charge on any atom is 0.344 e. The van der Waals surface area contributed by atoms with Crippen LogP contribution in [0.5, 0.6) is 0 Å². The Balaban J connectivity index is 2.14. The average Bonchev–Trinajstić information content (AvgIpc) is 3.11. The van der Waals surface area contributed by atoms with Crippen molar-refractivity contribution >= 4 is 17.7 Å². The highest BCUT2D eigenvalue weighted by Gasteiger charge is 2.25. The van der Waals surface area contributed by atoms with Gasteiger partial charge in [-0.25, -0.2) is 9.59 Å². The molecule has 0 atom stereocenters. The lowest BCUT2D eigenvalue weighted by Gasteiger charge is -2.04. The third-order valence-corrected chi connectivity index (χ3v) is 3.91. The maximum atomic E-state index is 12.4. The molecular formula is C17H20N2O6. The predicted molar refractivity (Wildman–Crippen MR) is 86.8 cm³/mol. The number of aryl methyl sites for hydroxylation is 3. The fraction of sp³-hybridized carbons (Fsp3) is 0.412. The maximum absolute atomic E-state index is 12.4. The number of nitrogens with one attached hydrogen (secondary N) is 1. The first kappa shape index (κ1) is 18.4. The molecule has 8 heteroatoms. The van der Waals surface area contributed by atoms with E-state index in [1.54, 1.807) is 20.8 Å². The zero-order chi connectivity index (χ0) is 18.7. The topological polar surface area (TPSA) is 111 Å². The second kappa shape index (κ2) is 7.33. The van der Waals surface area contributed by atoms with E-state index in [0.29, 0.717) is 34.7 Å². The molecule has 0 saturated carbocycles. The molecule has 0 aliphatic rings. The molecule has 0 aromatic carbocycles. The van der Waals surface area contributed by atoms with Crippen molar-refractivity contribution in [3.05, 3.63) is 39.5 Å². The molecule has 0 amide bonds. The molecule has 1 N–H and O–H groups in total. The van der Waals surface area contributed by atoms with Gasteiger partial charge in [0.2, 0.25) is 5.78 Å². The Morgan fingerprint density at radius 2 is 1.80 bits per heavy atom. The van der Waals surface area contributed by atoms with Crippen LogP contribution in [-0.4, -0.2) is 41.6 Å². The Bertz CT molecular complexity index is 831. The van der Waals surface area contributed by atoms with Crippen molar-refractivity contribution < 1.29 is 28.4 Å². The van der Waals surface area contributed by atoms with Crippen molar-refractivity contribution in [3.8, 4) is 0 Å². The number of Topliss-reactive ketones (excluding diaryl/α,β-unsaturated/α-hetero) is 1. The number of aromatic amines is 1. The number of hydrogen-bond acceptors (Lipinski definition) is 7. The van der Waals surface area contributed by atoms with Gasteiger partial charge >= 0.3 is 11.9 Å². The standard InChI is InChI=1S/C17H20N2O6/c1-6-11-14(10(4)25-19-11)17(22)24-7-12(20)15-8(2)13(9(3)18-15)16(21)23-5/h18H,6-7H2,1-5H3. The monoisotopic (exact) mass is 348 g/mol. The normalized spacial score (nSPS) is 10.6. The Labute approximate surface area is 144 Å². The molecule has 8 nitrogen and oxygen atoms in total. The number of carbonyl (C=O) groups excluding carboxylic acids is 3. The van der Waals surface area contributed by atoms with Gasteiger partial charge in [-0.2, -0.15) is 0 Å². The van der Waals surface area contributed by atoms with Crippen LogP contribution in [0.3, 0.4) is 0 Å². The van der Waals surface area contributed by atoms with E-state index in [9.17, 15) is 14.4 Å². The van der Waals surface area contributed by atoms with Crippen LogP contribution in [-0.2, 0) is 15.9 Å². The SMILES string of the molecule is CCc1noc(C)c1C(=O)OCC(=O)c1[nH]c(C)c(C(=O)OC)c1C. The van der Waals surface area contributed by atoms with Gasteiger partial charge in [0, 0.05) is 5.69 Å². The van der Waals surface area contributed by atoms with Crippen molar-refractivity contribution in [2.24, 2.45) is 0 Å². The van der Waals surface area contributed by atoms with E-state index in [-0.39, 0.29) is 11.3 Å². The van der Waals surface area contributed by atoms with Crippen LogP contribution in [0.2, 0.25) is 0 Å². The minimum Gasteiger partial charge on any atom is -0.465 e. The number of H-pyrrole nitrogens is 1. The van der Waals surface area contributed by atoms with Crippen LogP contribution in [0.1, 0.15) is 60.8 Å². The lowest BCUT2D eigenvalue weighted by molar-refractivity contribution is 0.0470. The van der Waals surface area contributed by atoms with Gasteiger partial charge in [-0.05, 0) is 32.8 Å². The number of rotatable bonds is 6. The molecule has 0 aliphatic heterocycles. The predicted octanol–water partition coefficient (Wildman–Crippen LogP) is 2.32. The third-order valence-electron chi connectivity index (χ3n) is 3.91. The number of carbonyl (C=O) groups is 3. The fourth-order valence-corrected chi connectivity index (χ4v) is 2.63. The molecule has 0 unspecified atom stereocenters. The summed E-state index contributed by atoms with van der Waals surface area (Å²) in [5, 5.41) is 3.78. The summed E-state index contributed by atoms with van der Waals surface area (Å²) >= 11 is 0. The number of ether oxygens (including phenoxy) is 2. The Hall–Kier alpha value is -2.90. The molecule has 134 valence electrons. The van der Waals surface area contributed by atoms with Gasteiger partial charge < -0.3 is 19.0 Å². The molecule has 2 aromatic rings. The molecule has 25 heavy (non-hydrogen) atoms. The zero-order valence-corrected chi connectivity index (χ0v) is 14.8. The molecule has 0 saturated heterocycles. The first-order chi connectivity index (χ1) is 11.8. The van der Waals surface area contributed by atoms with Gasteiger partial charge in [0.1, 0.15) is 11.3 Å². The molecular weight excluding hydrogens is 328 g/mol. The molecule has 0 spiro atoms. The Morgan fingerprint density at radius 1 is 1.12 bits per heavy atom. The summed E-state index contributed by atoms with van der Waals surface area (Å²) in [6, 6.07) is 0. The number of ketones is 1. The second-order valence-electron chi connectivity index (χ2n) is 5.53. The first-order valence-electron chi connectivity index (χ1n) is 7.74. The smallest absolute Gasteiger partial charge is 0.344 e. The van der Waals surface area contributed by atoms with Crippen LogP contribution in [0.15, 0.2) is 4.52 Å². The van der Waals surface area contributed by atoms with Crippen molar-refractivity contribution in [2.45, 2.75) is 34.1 Å². The molecule has 2 rings (SSSR count). The van der Waals surface area contributed by atoms with Crippen LogP contribution in [0.25, 0.3) is 0 Å². The van der Waals surface area contributed by atoms with E-state index in [1.807, 2.05) is 6.92 Å². The van der Waals surface area contributed by atoms with Gasteiger partial charge in [-0.3, -0.25) is 4.79 Å². The largest absolute Gasteiger partial charge is 0.465 e. The number of nitrogens with zero attached hydrogens (tertiary/aromatic N) is 1. The quantitative estimate of drug-likeness (QED) is 0.630. The molecule has 0 aliphatic carbocycles. The number of esters is 2. The average molecular weight is 348 g/mol. The van der Waals surface area contributed by atoms with E-state index in [1.165, 1.54) is 7.11 Å². The summed E-state index contributed by atoms with van der Waals surface area (Å²) in [6.07, 6.45) is 0.507. The van der Waals surface area contributed by atoms with E-state index in [4.69, 9.17) is 14.0 Å². The molecule has 0 radical (unpaired) electrons. The minimum atomic E-state index is -0.668.